The van der Waals surface area contributed by atoms with Crippen molar-refractivity contribution in [2.24, 2.45) is 0 Å². The molecule has 1 aromatic heterocycles. The average Bonchev–Trinajstić information content (AvgIpc) is 2.28. The smallest absolute Gasteiger partial charge is 0.230 e. The van der Waals surface area contributed by atoms with Gasteiger partial charge in [-0.1, -0.05) is 23.4 Å². The summed E-state index contributed by atoms with van der Waals surface area (Å²) < 4.78 is 4.82. The molecular formula is C10H13ClN2O2S. The van der Waals surface area contributed by atoms with Gasteiger partial charge in [-0.2, -0.15) is 0 Å². The summed E-state index contributed by atoms with van der Waals surface area (Å²) in [7, 11) is 1.59. The normalized spacial score (nSPS) is 10.1. The van der Waals surface area contributed by atoms with Crippen molar-refractivity contribution >= 4 is 29.3 Å². The molecule has 4 nitrogen and oxygen atoms in total. The molecule has 1 aromatic rings. The van der Waals surface area contributed by atoms with Crippen LogP contribution in [0.2, 0.25) is 5.02 Å². The minimum absolute atomic E-state index is 0.0521. The quantitative estimate of drug-likeness (QED) is 0.623. The number of hydrogen-bond donors (Lipinski definition) is 1. The van der Waals surface area contributed by atoms with Gasteiger partial charge in [-0.15, -0.1) is 0 Å². The highest BCUT2D eigenvalue weighted by molar-refractivity contribution is 8.00. The predicted octanol–water partition coefficient (Wildman–Crippen LogP) is 1.59. The third kappa shape index (κ3) is 4.83. The number of pyridine rings is 1. The Balaban J connectivity index is 2.29. The first-order chi connectivity index (χ1) is 7.74. The molecule has 0 saturated heterocycles. The summed E-state index contributed by atoms with van der Waals surface area (Å²) in [6.07, 6.45) is 1.65. The molecule has 0 aliphatic heterocycles. The second-order valence-corrected chi connectivity index (χ2v) is 4.29. The molecule has 0 atom stereocenters. The Kier molecular flexibility index (Phi) is 6.22. The Labute approximate surface area is 104 Å². The van der Waals surface area contributed by atoms with Crippen LogP contribution in [0.1, 0.15) is 0 Å². The van der Waals surface area contributed by atoms with Crippen molar-refractivity contribution < 1.29 is 9.53 Å². The van der Waals surface area contributed by atoms with Gasteiger partial charge in [-0.25, -0.2) is 4.98 Å². The molecule has 0 unspecified atom stereocenters. The van der Waals surface area contributed by atoms with E-state index in [1.165, 1.54) is 11.8 Å². The van der Waals surface area contributed by atoms with Crippen molar-refractivity contribution in [2.75, 3.05) is 26.0 Å². The van der Waals surface area contributed by atoms with Crippen molar-refractivity contribution in [2.45, 2.75) is 5.03 Å². The summed E-state index contributed by atoms with van der Waals surface area (Å²) in [5.74, 6) is 0.254. The van der Waals surface area contributed by atoms with Gasteiger partial charge in [0.1, 0.15) is 5.03 Å². The SMILES string of the molecule is COCCNC(=O)CSc1ncccc1Cl. The second kappa shape index (κ2) is 7.49. The van der Waals surface area contributed by atoms with E-state index >= 15 is 0 Å². The van der Waals surface area contributed by atoms with Gasteiger partial charge < -0.3 is 10.1 Å². The Hall–Kier alpha value is -0.780. The van der Waals surface area contributed by atoms with Gasteiger partial charge in [0.15, 0.2) is 0 Å². The zero-order valence-corrected chi connectivity index (χ0v) is 10.5. The monoisotopic (exact) mass is 260 g/mol. The number of halogens is 1. The standard InChI is InChI=1S/C10H13ClN2O2S/c1-15-6-5-12-9(14)7-16-10-8(11)3-2-4-13-10/h2-4H,5-7H2,1H3,(H,12,14). The van der Waals surface area contributed by atoms with E-state index in [1.807, 2.05) is 0 Å². The van der Waals surface area contributed by atoms with Crippen LogP contribution < -0.4 is 5.32 Å². The lowest BCUT2D eigenvalue weighted by Gasteiger charge is -2.04. The topological polar surface area (TPSA) is 51.2 Å². The van der Waals surface area contributed by atoms with E-state index in [0.29, 0.717) is 29.0 Å². The zero-order chi connectivity index (χ0) is 11.8. The lowest BCUT2D eigenvalue weighted by Crippen LogP contribution is -2.28. The summed E-state index contributed by atoms with van der Waals surface area (Å²) in [5, 5.41) is 3.96. The molecule has 0 fully saturated rings. The highest BCUT2D eigenvalue weighted by Crippen LogP contribution is 2.23. The summed E-state index contributed by atoms with van der Waals surface area (Å²) >= 11 is 7.22. The van der Waals surface area contributed by atoms with Crippen LogP contribution in [0.3, 0.4) is 0 Å². The average molecular weight is 261 g/mol. The number of ether oxygens (including phenoxy) is 1. The number of aromatic nitrogens is 1. The van der Waals surface area contributed by atoms with Crippen LogP contribution in [-0.4, -0.2) is 36.9 Å². The molecule has 1 N–H and O–H groups in total. The Morgan fingerprint density at radius 3 is 3.19 bits per heavy atom. The van der Waals surface area contributed by atoms with Gasteiger partial charge in [0, 0.05) is 19.9 Å². The second-order valence-electron chi connectivity index (χ2n) is 2.92. The van der Waals surface area contributed by atoms with E-state index in [1.54, 1.807) is 25.4 Å². The summed E-state index contributed by atoms with van der Waals surface area (Å²) in [4.78, 5) is 15.4. The number of carbonyl (C=O) groups excluding carboxylic acids is 1. The van der Waals surface area contributed by atoms with E-state index in [0.717, 1.165) is 0 Å². The highest BCUT2D eigenvalue weighted by Gasteiger charge is 2.05. The first kappa shape index (κ1) is 13.3. The van der Waals surface area contributed by atoms with E-state index < -0.39 is 0 Å². The highest BCUT2D eigenvalue weighted by atomic mass is 35.5. The lowest BCUT2D eigenvalue weighted by molar-refractivity contribution is -0.118. The van der Waals surface area contributed by atoms with Crippen LogP contribution in [0, 0.1) is 0 Å². The van der Waals surface area contributed by atoms with Gasteiger partial charge in [0.2, 0.25) is 5.91 Å². The molecule has 0 spiro atoms. The number of methoxy groups -OCH3 is 1. The Morgan fingerprint density at radius 2 is 2.50 bits per heavy atom. The van der Waals surface area contributed by atoms with Crippen LogP contribution >= 0.6 is 23.4 Å². The largest absolute Gasteiger partial charge is 0.383 e. The van der Waals surface area contributed by atoms with Crippen molar-refractivity contribution in [1.29, 1.82) is 0 Å². The summed E-state index contributed by atoms with van der Waals surface area (Å²) in [5.41, 5.74) is 0. The molecule has 0 radical (unpaired) electrons. The molecule has 0 aliphatic rings. The molecule has 0 aromatic carbocycles. The maximum absolute atomic E-state index is 11.3. The lowest BCUT2D eigenvalue weighted by atomic mass is 10.5. The van der Waals surface area contributed by atoms with Crippen LogP contribution in [0.15, 0.2) is 23.4 Å². The number of rotatable bonds is 6. The van der Waals surface area contributed by atoms with Crippen molar-refractivity contribution in [3.05, 3.63) is 23.4 Å². The van der Waals surface area contributed by atoms with Crippen molar-refractivity contribution in [3.63, 3.8) is 0 Å². The van der Waals surface area contributed by atoms with Gasteiger partial charge >= 0.3 is 0 Å². The molecule has 1 amide bonds. The van der Waals surface area contributed by atoms with Crippen molar-refractivity contribution in [3.8, 4) is 0 Å². The fourth-order valence-corrected chi connectivity index (χ4v) is 1.95. The number of nitrogens with one attached hydrogen (secondary N) is 1. The van der Waals surface area contributed by atoms with E-state index in [-0.39, 0.29) is 5.91 Å². The fourth-order valence-electron chi connectivity index (χ4n) is 0.955. The number of carbonyl (C=O) groups is 1. The molecule has 88 valence electrons. The van der Waals surface area contributed by atoms with Crippen LogP contribution in [0.5, 0.6) is 0 Å². The first-order valence-corrected chi connectivity index (χ1v) is 6.09. The van der Waals surface area contributed by atoms with Crippen LogP contribution in [-0.2, 0) is 9.53 Å². The maximum Gasteiger partial charge on any atom is 0.230 e. The third-order valence-corrected chi connectivity index (χ3v) is 3.12. The van der Waals surface area contributed by atoms with E-state index in [9.17, 15) is 4.79 Å². The van der Waals surface area contributed by atoms with Gasteiger partial charge in [-0.3, -0.25) is 4.79 Å². The Bertz CT molecular complexity index is 349. The number of hydrogen-bond acceptors (Lipinski definition) is 4. The van der Waals surface area contributed by atoms with Gasteiger partial charge in [0.05, 0.1) is 17.4 Å². The van der Waals surface area contributed by atoms with E-state index in [4.69, 9.17) is 16.3 Å². The zero-order valence-electron chi connectivity index (χ0n) is 8.90. The number of amides is 1. The predicted molar refractivity (Wildman–Crippen MR) is 64.9 cm³/mol. The maximum atomic E-state index is 11.3. The van der Waals surface area contributed by atoms with Crippen LogP contribution in [0.4, 0.5) is 0 Å². The molecule has 1 heterocycles. The summed E-state index contributed by atoms with van der Waals surface area (Å²) in [6.45, 7) is 1.03. The van der Waals surface area contributed by atoms with Crippen LogP contribution in [0.25, 0.3) is 0 Å². The molecule has 0 aliphatic carbocycles. The Morgan fingerprint density at radius 1 is 1.69 bits per heavy atom. The first-order valence-electron chi connectivity index (χ1n) is 4.73. The number of nitrogens with zero attached hydrogens (tertiary/aromatic N) is 1. The molecule has 16 heavy (non-hydrogen) atoms. The van der Waals surface area contributed by atoms with E-state index in [2.05, 4.69) is 10.3 Å². The summed E-state index contributed by atoms with van der Waals surface area (Å²) in [6, 6.07) is 3.50. The number of thioether (sulfide) groups is 1. The molecule has 6 heteroatoms. The molecular weight excluding hydrogens is 248 g/mol. The molecule has 0 saturated carbocycles. The van der Waals surface area contributed by atoms with Gasteiger partial charge in [0.25, 0.3) is 0 Å². The van der Waals surface area contributed by atoms with Crippen molar-refractivity contribution in [1.82, 2.24) is 10.3 Å². The third-order valence-electron chi connectivity index (χ3n) is 1.69. The van der Waals surface area contributed by atoms with Gasteiger partial charge in [-0.05, 0) is 12.1 Å². The molecule has 0 bridgehead atoms. The molecule has 1 rings (SSSR count). The fraction of sp³-hybridized carbons (Fsp3) is 0.400. The minimum atomic E-state index is -0.0521. The minimum Gasteiger partial charge on any atom is -0.383 e.